The Labute approximate surface area is 188 Å². The van der Waals surface area contributed by atoms with Crippen LogP contribution in [0.3, 0.4) is 0 Å². The van der Waals surface area contributed by atoms with Crippen molar-refractivity contribution < 1.29 is 34.1 Å². The van der Waals surface area contributed by atoms with Gasteiger partial charge >= 0.3 is 17.9 Å². The van der Waals surface area contributed by atoms with Gasteiger partial charge in [0.1, 0.15) is 0 Å². The number of nitrogens with one attached hydrogen (secondary N) is 1. The van der Waals surface area contributed by atoms with Gasteiger partial charge in [-0.3, -0.25) is 4.79 Å². The van der Waals surface area contributed by atoms with E-state index in [-0.39, 0.29) is 17.8 Å². The van der Waals surface area contributed by atoms with Gasteiger partial charge < -0.3 is 25.2 Å². The number of carbonyl (C=O) groups is 4. The van der Waals surface area contributed by atoms with Gasteiger partial charge in [-0.2, -0.15) is 0 Å². The molecule has 1 aromatic carbocycles. The van der Waals surface area contributed by atoms with Crippen LogP contribution >= 0.6 is 0 Å². The molecule has 0 radical (unpaired) electrons. The monoisotopic (exact) mass is 448 g/mol. The maximum atomic E-state index is 12.9. The Hall–Kier alpha value is -3.20. The molecule has 1 heterocycles. The van der Waals surface area contributed by atoms with Crippen LogP contribution in [0.1, 0.15) is 42.6 Å². The van der Waals surface area contributed by atoms with Gasteiger partial charge in [0.15, 0.2) is 0 Å². The summed E-state index contributed by atoms with van der Waals surface area (Å²) in [6, 6.07) is 7.30. The van der Waals surface area contributed by atoms with E-state index >= 15 is 0 Å². The van der Waals surface area contributed by atoms with E-state index in [4.69, 9.17) is 14.9 Å². The molecule has 1 aliphatic rings. The number of carbonyl (C=O) groups excluding carboxylic acids is 2. The van der Waals surface area contributed by atoms with Crippen LogP contribution in [0.5, 0.6) is 0 Å². The highest BCUT2D eigenvalue weighted by Crippen LogP contribution is 2.19. The summed E-state index contributed by atoms with van der Waals surface area (Å²) in [5, 5.41) is 18.9. The Morgan fingerprint density at radius 2 is 1.59 bits per heavy atom. The number of hydrogen-bond donors (Lipinski definition) is 3. The Kier molecular flexibility index (Phi) is 11.7. The lowest BCUT2D eigenvalue weighted by atomic mass is 9.95. The predicted octanol–water partition coefficient (Wildman–Crippen LogP) is 2.17. The molecule has 1 aromatic rings. The van der Waals surface area contributed by atoms with Gasteiger partial charge in [-0.25, -0.2) is 14.4 Å². The normalized spacial score (nSPS) is 13.9. The number of aliphatic carboxylic acids is 2. The van der Waals surface area contributed by atoms with Gasteiger partial charge in [0.25, 0.3) is 0 Å². The maximum absolute atomic E-state index is 12.9. The summed E-state index contributed by atoms with van der Waals surface area (Å²) in [6.45, 7) is 7.43. The third kappa shape index (κ3) is 10.2. The zero-order valence-corrected chi connectivity index (χ0v) is 18.7. The molecule has 176 valence electrons. The molecule has 0 saturated carbocycles. The van der Waals surface area contributed by atoms with Crippen molar-refractivity contribution in [2.75, 3.05) is 26.7 Å². The Bertz CT molecular complexity index is 781. The van der Waals surface area contributed by atoms with E-state index in [2.05, 4.69) is 19.2 Å². The lowest BCUT2D eigenvalue weighted by Gasteiger charge is -2.31. The molecular weight excluding hydrogens is 416 g/mol. The zero-order chi connectivity index (χ0) is 24.1. The number of methoxy groups -OCH3 is 1. The number of carboxylic acids is 2. The summed E-state index contributed by atoms with van der Waals surface area (Å²) in [7, 11) is 1.37. The molecule has 2 rings (SSSR count). The summed E-state index contributed by atoms with van der Waals surface area (Å²) in [5.41, 5.74) is 1.56. The van der Waals surface area contributed by atoms with Gasteiger partial charge in [0, 0.05) is 31.2 Å². The molecule has 1 aliphatic heterocycles. The van der Waals surface area contributed by atoms with E-state index in [1.165, 1.54) is 7.11 Å². The van der Waals surface area contributed by atoms with Crippen molar-refractivity contribution >= 4 is 23.8 Å². The fourth-order valence-corrected chi connectivity index (χ4v) is 3.23. The summed E-state index contributed by atoms with van der Waals surface area (Å²) < 4.78 is 4.72. The molecule has 1 fully saturated rings. The summed E-state index contributed by atoms with van der Waals surface area (Å²) in [5.74, 6) is -2.06. The van der Waals surface area contributed by atoms with E-state index in [0.717, 1.165) is 38.0 Å². The second kappa shape index (κ2) is 14.0. The number of esters is 1. The molecule has 0 spiro atoms. The molecule has 0 aromatic heterocycles. The third-order valence-electron chi connectivity index (χ3n) is 4.70. The van der Waals surface area contributed by atoms with Crippen molar-refractivity contribution in [3.05, 3.63) is 47.5 Å². The van der Waals surface area contributed by atoms with Gasteiger partial charge in [-0.1, -0.05) is 26.0 Å². The van der Waals surface area contributed by atoms with E-state index in [0.29, 0.717) is 30.2 Å². The zero-order valence-electron chi connectivity index (χ0n) is 18.7. The van der Waals surface area contributed by atoms with Crippen LogP contribution in [0.25, 0.3) is 0 Å². The van der Waals surface area contributed by atoms with Crippen LogP contribution in [0.4, 0.5) is 0 Å². The number of piperidine rings is 1. The average molecular weight is 449 g/mol. The molecule has 3 N–H and O–H groups in total. The van der Waals surface area contributed by atoms with Crippen LogP contribution in [-0.4, -0.2) is 65.7 Å². The first-order chi connectivity index (χ1) is 15.1. The number of nitrogens with zero attached hydrogens (tertiary/aromatic N) is 1. The minimum Gasteiger partial charge on any atom is -0.478 e. The van der Waals surface area contributed by atoms with Crippen LogP contribution in [0.2, 0.25) is 0 Å². The van der Waals surface area contributed by atoms with Crippen molar-refractivity contribution in [3.8, 4) is 0 Å². The number of hydrogen-bond acceptors (Lipinski definition) is 6. The topological polar surface area (TPSA) is 133 Å². The van der Waals surface area contributed by atoms with Crippen molar-refractivity contribution in [2.45, 2.75) is 33.2 Å². The molecular formula is C23H32N2O7. The SMILES string of the molecule is COC(=O)c1ccc(CN(CC(C)C)C(=O)C2CCNCC2)cc1.O=C(O)C=CC(=O)O. The standard InChI is InChI=1S/C19H28N2O3.C4H4O4/c1-14(2)12-21(18(22)16-8-10-20-11-9-16)13-15-4-6-17(7-5-15)19(23)24-3;5-3(6)1-2-4(7)8/h4-7,14,16,20H,8-13H2,1-3H3;1-2H,(H,5,6)(H,7,8). The number of ether oxygens (including phenoxy) is 1. The van der Waals surface area contributed by atoms with Crippen molar-refractivity contribution in [2.24, 2.45) is 11.8 Å². The van der Waals surface area contributed by atoms with Crippen LogP contribution in [-0.2, 0) is 25.7 Å². The molecule has 9 heteroatoms. The van der Waals surface area contributed by atoms with Crippen molar-refractivity contribution in [1.29, 1.82) is 0 Å². The predicted molar refractivity (Wildman–Crippen MR) is 118 cm³/mol. The fraction of sp³-hybridized carbons (Fsp3) is 0.478. The smallest absolute Gasteiger partial charge is 0.337 e. The number of rotatable bonds is 8. The average Bonchev–Trinajstić information content (AvgIpc) is 2.77. The van der Waals surface area contributed by atoms with Crippen LogP contribution in [0.15, 0.2) is 36.4 Å². The lowest BCUT2D eigenvalue weighted by molar-refractivity contribution is -0.137. The van der Waals surface area contributed by atoms with Crippen molar-refractivity contribution in [3.63, 3.8) is 0 Å². The first-order valence-electron chi connectivity index (χ1n) is 10.4. The molecule has 0 bridgehead atoms. The Morgan fingerprint density at radius 3 is 2.03 bits per heavy atom. The molecule has 9 nitrogen and oxygen atoms in total. The van der Waals surface area contributed by atoms with Gasteiger partial charge in [-0.15, -0.1) is 0 Å². The minimum atomic E-state index is -1.26. The molecule has 0 aliphatic carbocycles. The first-order valence-corrected chi connectivity index (χ1v) is 10.4. The molecule has 32 heavy (non-hydrogen) atoms. The van der Waals surface area contributed by atoms with E-state index in [1.807, 2.05) is 17.0 Å². The quantitative estimate of drug-likeness (QED) is 0.407. The highest BCUT2D eigenvalue weighted by Gasteiger charge is 2.26. The van der Waals surface area contributed by atoms with E-state index < -0.39 is 11.9 Å². The largest absolute Gasteiger partial charge is 0.478 e. The summed E-state index contributed by atoms with van der Waals surface area (Å²) >= 11 is 0. The molecule has 0 atom stereocenters. The van der Waals surface area contributed by atoms with Crippen LogP contribution < -0.4 is 5.32 Å². The van der Waals surface area contributed by atoms with Gasteiger partial charge in [0.05, 0.1) is 12.7 Å². The Balaban J connectivity index is 0.000000547. The van der Waals surface area contributed by atoms with Crippen molar-refractivity contribution in [1.82, 2.24) is 10.2 Å². The minimum absolute atomic E-state index is 0.124. The van der Waals surface area contributed by atoms with Gasteiger partial charge in [0.2, 0.25) is 5.91 Å². The molecule has 1 saturated heterocycles. The highest BCUT2D eigenvalue weighted by atomic mass is 16.5. The number of amides is 1. The third-order valence-corrected chi connectivity index (χ3v) is 4.70. The number of carboxylic acid groups (broad SMARTS) is 2. The summed E-state index contributed by atoms with van der Waals surface area (Å²) in [6.07, 6.45) is 2.94. The van der Waals surface area contributed by atoms with E-state index in [1.54, 1.807) is 12.1 Å². The first kappa shape index (κ1) is 26.8. The second-order valence-corrected chi connectivity index (χ2v) is 7.84. The van der Waals surface area contributed by atoms with Crippen LogP contribution in [0, 0.1) is 11.8 Å². The fourth-order valence-electron chi connectivity index (χ4n) is 3.23. The van der Waals surface area contributed by atoms with Gasteiger partial charge in [-0.05, 0) is 49.5 Å². The Morgan fingerprint density at radius 1 is 1.06 bits per heavy atom. The second-order valence-electron chi connectivity index (χ2n) is 7.84. The molecule has 0 unspecified atom stereocenters. The van der Waals surface area contributed by atoms with E-state index in [9.17, 15) is 19.2 Å². The highest BCUT2D eigenvalue weighted by molar-refractivity contribution is 5.90. The number of benzene rings is 1. The molecule has 1 amide bonds. The maximum Gasteiger partial charge on any atom is 0.337 e. The summed E-state index contributed by atoms with van der Waals surface area (Å²) in [4.78, 5) is 45.5. The lowest BCUT2D eigenvalue weighted by Crippen LogP contribution is -2.42.